The van der Waals surface area contributed by atoms with Crippen molar-refractivity contribution < 1.29 is 16.4 Å². The third-order valence-corrected chi connectivity index (χ3v) is 0. The van der Waals surface area contributed by atoms with Gasteiger partial charge >= 0.3 is 75.5 Å². The monoisotopic (exact) mass is 342 g/mol. The van der Waals surface area contributed by atoms with E-state index in [0.29, 0.717) is 0 Å². The summed E-state index contributed by atoms with van der Waals surface area (Å²) in [5, 5.41) is 0. The Morgan fingerprint density at radius 3 is 0.429 bits per heavy atom. The van der Waals surface area contributed by atoms with Gasteiger partial charge in [0.2, 0.25) is 0 Å². The molecule has 0 spiro atoms. The molecular formula is H6As2Ga2O3. The van der Waals surface area contributed by atoms with Gasteiger partial charge in [-0.2, -0.15) is 0 Å². The Labute approximate surface area is 91.0 Å². The summed E-state index contributed by atoms with van der Waals surface area (Å²) in [6, 6.07) is 0. The maximum absolute atomic E-state index is 0. The van der Waals surface area contributed by atoms with Gasteiger partial charge < -0.3 is 16.4 Å². The average Bonchev–Trinajstić information content (AvgIpc) is 0. The van der Waals surface area contributed by atoms with E-state index in [1.807, 2.05) is 0 Å². The quantitative estimate of drug-likeness (QED) is 0.409. The normalized spacial score (nSPS) is 0. The van der Waals surface area contributed by atoms with Gasteiger partial charge in [-0.15, -0.1) is 0 Å². The van der Waals surface area contributed by atoms with Crippen molar-refractivity contribution in [3.63, 3.8) is 0 Å². The van der Waals surface area contributed by atoms with E-state index in [-0.39, 0.29) is 91.9 Å². The molecule has 0 heterocycles. The third-order valence-electron chi connectivity index (χ3n) is 0. The average molecular weight is 343 g/mol. The predicted molar refractivity (Wildman–Crippen MR) is 33.4 cm³/mol. The molecule has 0 aromatic rings. The Morgan fingerprint density at radius 1 is 0.429 bits per heavy atom. The van der Waals surface area contributed by atoms with E-state index >= 15 is 0 Å². The van der Waals surface area contributed by atoms with Gasteiger partial charge in [-0.1, -0.05) is 0 Å². The fourth-order valence-corrected chi connectivity index (χ4v) is 0. The van der Waals surface area contributed by atoms with Crippen molar-refractivity contribution in [2.45, 2.75) is 0 Å². The van der Waals surface area contributed by atoms with Crippen molar-refractivity contribution in [3.8, 4) is 0 Å². The Balaban J connectivity index is 0. The first-order valence-electron chi connectivity index (χ1n) is 0. The van der Waals surface area contributed by atoms with Crippen LogP contribution in [-0.2, 0) is 16.4 Å². The summed E-state index contributed by atoms with van der Waals surface area (Å²) >= 11 is 0. The van der Waals surface area contributed by atoms with Crippen molar-refractivity contribution >= 4 is 75.5 Å². The van der Waals surface area contributed by atoms with E-state index in [1.54, 1.807) is 0 Å². The zero-order chi connectivity index (χ0) is 0. The summed E-state index contributed by atoms with van der Waals surface area (Å²) in [6.45, 7) is 0. The summed E-state index contributed by atoms with van der Waals surface area (Å²) in [5.41, 5.74) is 0. The van der Waals surface area contributed by atoms with Crippen molar-refractivity contribution in [1.29, 1.82) is 0 Å². The zero-order valence-electron chi connectivity index (χ0n) is 3.79. The number of hydrogen-bond donors (Lipinski definition) is 0. The van der Waals surface area contributed by atoms with Crippen LogP contribution in [0.3, 0.4) is 0 Å². The second-order valence-electron chi connectivity index (χ2n) is 0. The zero-order valence-corrected chi connectivity index (χ0v) is 14.6. The van der Waals surface area contributed by atoms with Crippen LogP contribution >= 0.6 is 0 Å². The molecule has 3 nitrogen and oxygen atoms in total. The molecule has 0 saturated heterocycles. The minimum Gasteiger partial charge on any atom is -2.00 e. The van der Waals surface area contributed by atoms with Gasteiger partial charge in [0.05, 0.1) is 0 Å². The third kappa shape index (κ3) is 63.1. The molecule has 0 fully saturated rings. The summed E-state index contributed by atoms with van der Waals surface area (Å²) in [5.74, 6) is 0. The molecule has 40 valence electrons. The van der Waals surface area contributed by atoms with E-state index in [4.69, 9.17) is 0 Å². The maximum Gasteiger partial charge on any atom is 3.00 e. The smallest absolute Gasteiger partial charge is 2.00 e. The predicted octanol–water partition coefficient (Wildman–Crippen LogP) is -3.49. The van der Waals surface area contributed by atoms with E-state index in [1.165, 1.54) is 0 Å². The second-order valence-corrected chi connectivity index (χ2v) is 0. The Hall–Kier alpha value is 2.27. The molecule has 0 saturated carbocycles. The van der Waals surface area contributed by atoms with Crippen molar-refractivity contribution in [3.05, 3.63) is 0 Å². The van der Waals surface area contributed by atoms with Gasteiger partial charge in [-0.05, 0) is 0 Å². The summed E-state index contributed by atoms with van der Waals surface area (Å²) in [6.07, 6.45) is 0. The van der Waals surface area contributed by atoms with Crippen LogP contribution in [0.2, 0.25) is 0 Å². The standard InChI is InChI=1S/2AsH3.2Ga.3O/h2*1H3;;;;;/q;;2*+3;3*-2. The molecule has 0 aliphatic heterocycles. The van der Waals surface area contributed by atoms with E-state index < -0.39 is 0 Å². The maximum atomic E-state index is 0. The number of hydrogen-bond acceptors (Lipinski definition) is 0. The summed E-state index contributed by atoms with van der Waals surface area (Å²) in [4.78, 5) is 0. The molecule has 0 aromatic carbocycles. The molecule has 0 bridgehead atoms. The van der Waals surface area contributed by atoms with Crippen LogP contribution in [0, 0.1) is 0 Å². The minimum atomic E-state index is 0. The Kier molecular flexibility index (Phi) is 1490. The molecule has 0 N–H and O–H groups in total. The largest absolute Gasteiger partial charge is 3.00 e. The van der Waals surface area contributed by atoms with Crippen LogP contribution < -0.4 is 0 Å². The molecule has 0 aromatic heterocycles. The Bertz CT molecular complexity index is 10.9. The molecule has 0 radical (unpaired) electrons. The van der Waals surface area contributed by atoms with Crippen molar-refractivity contribution in [2.24, 2.45) is 0 Å². The van der Waals surface area contributed by atoms with Crippen LogP contribution in [0.4, 0.5) is 0 Å². The molecule has 7 heavy (non-hydrogen) atoms. The van der Waals surface area contributed by atoms with Crippen LogP contribution in [0.15, 0.2) is 0 Å². The van der Waals surface area contributed by atoms with Gasteiger partial charge in [0.25, 0.3) is 0 Å². The fourth-order valence-electron chi connectivity index (χ4n) is 0. The van der Waals surface area contributed by atoms with Gasteiger partial charge in [0.15, 0.2) is 0 Å². The van der Waals surface area contributed by atoms with Crippen LogP contribution in [0.25, 0.3) is 0 Å². The van der Waals surface area contributed by atoms with E-state index in [0.717, 1.165) is 0 Å². The van der Waals surface area contributed by atoms with Gasteiger partial charge in [0, 0.05) is 0 Å². The Morgan fingerprint density at radius 2 is 0.429 bits per heavy atom. The molecule has 2 atom stereocenters. The first-order valence-corrected chi connectivity index (χ1v) is 0. The van der Waals surface area contributed by atoms with E-state index in [9.17, 15) is 0 Å². The fraction of sp³-hybridized carbons (Fsp3) is 0. The van der Waals surface area contributed by atoms with Crippen molar-refractivity contribution in [2.75, 3.05) is 0 Å². The first kappa shape index (κ1) is 123. The summed E-state index contributed by atoms with van der Waals surface area (Å²) in [7, 11) is 0. The minimum absolute atomic E-state index is 0. The SMILES string of the molecule is [AsH3].[AsH3].[Ga+3].[Ga+3].[O-2].[O-2].[O-2]. The molecule has 0 rings (SSSR count). The molecule has 2 unspecified atom stereocenters. The molecule has 0 amide bonds. The second kappa shape index (κ2) is 84.8. The van der Waals surface area contributed by atoms with Crippen LogP contribution in [0.5, 0.6) is 0 Å². The molecule has 7 heteroatoms. The van der Waals surface area contributed by atoms with Gasteiger partial charge in [-0.3, -0.25) is 0 Å². The topological polar surface area (TPSA) is 85.5 Å². The van der Waals surface area contributed by atoms with Gasteiger partial charge in [-0.25, -0.2) is 0 Å². The first-order chi connectivity index (χ1) is 0. The van der Waals surface area contributed by atoms with Crippen molar-refractivity contribution in [1.82, 2.24) is 0 Å². The van der Waals surface area contributed by atoms with Crippen LogP contribution in [0.1, 0.15) is 0 Å². The molecular weight excluding hydrogens is 337 g/mol. The molecule has 0 aliphatic rings. The molecule has 0 aliphatic carbocycles. The number of rotatable bonds is 0. The summed E-state index contributed by atoms with van der Waals surface area (Å²) < 4.78 is 0. The van der Waals surface area contributed by atoms with Gasteiger partial charge in [0.1, 0.15) is 0 Å². The van der Waals surface area contributed by atoms with E-state index in [2.05, 4.69) is 0 Å². The van der Waals surface area contributed by atoms with Crippen LogP contribution in [-0.4, -0.2) is 75.5 Å².